The molecule has 1 aromatic heterocycles. The average Bonchev–Trinajstić information content (AvgIpc) is 2.82. The van der Waals surface area contributed by atoms with Crippen LogP contribution in [-0.2, 0) is 6.54 Å². The molecule has 1 N–H and O–H groups in total. The van der Waals surface area contributed by atoms with Gasteiger partial charge in [0, 0.05) is 11.0 Å². The molecule has 1 unspecified atom stereocenters. The zero-order chi connectivity index (χ0) is 13.8. The molecule has 4 nitrogen and oxygen atoms in total. The normalized spacial score (nSPS) is 12.6. The van der Waals surface area contributed by atoms with E-state index in [-0.39, 0.29) is 6.04 Å². The minimum absolute atomic E-state index is 0.0940. The fraction of sp³-hybridized carbons (Fsp3) is 0.429. The van der Waals surface area contributed by atoms with Crippen LogP contribution < -0.4 is 5.32 Å². The predicted octanol–water partition coefficient (Wildman–Crippen LogP) is 3.07. The quantitative estimate of drug-likeness (QED) is 0.919. The molecule has 0 aliphatic heterocycles. The first-order chi connectivity index (χ1) is 9.17. The molecule has 0 fully saturated rings. The van der Waals surface area contributed by atoms with Crippen molar-refractivity contribution < 1.29 is 0 Å². The van der Waals surface area contributed by atoms with Crippen LogP contribution in [0.4, 0.5) is 0 Å². The summed E-state index contributed by atoms with van der Waals surface area (Å²) >= 11 is 3.65. The molecule has 5 heteroatoms. The lowest BCUT2D eigenvalue weighted by Gasteiger charge is -2.19. The highest BCUT2D eigenvalue weighted by Gasteiger charge is 2.19. The number of rotatable bonds is 5. The highest BCUT2D eigenvalue weighted by molar-refractivity contribution is 9.10. The summed E-state index contributed by atoms with van der Waals surface area (Å²) < 4.78 is 3.07. The molecule has 0 radical (unpaired) electrons. The van der Waals surface area contributed by atoms with Gasteiger partial charge in [-0.2, -0.15) is 0 Å². The Hall–Kier alpha value is -1.20. The van der Waals surface area contributed by atoms with Crippen LogP contribution in [-0.4, -0.2) is 22.0 Å². The van der Waals surface area contributed by atoms with Gasteiger partial charge in [0.2, 0.25) is 0 Å². The fourth-order valence-electron chi connectivity index (χ4n) is 2.20. The Balaban J connectivity index is 2.41. The van der Waals surface area contributed by atoms with E-state index in [1.54, 1.807) is 0 Å². The zero-order valence-corrected chi connectivity index (χ0v) is 13.1. The van der Waals surface area contributed by atoms with Gasteiger partial charge in [-0.15, -0.1) is 5.10 Å². The molecule has 0 amide bonds. The number of aryl methyl sites for hydroxylation is 2. The number of hydrogen-bond donors (Lipinski definition) is 1. The molecular formula is C14H19BrN4. The minimum atomic E-state index is 0.0940. The predicted molar refractivity (Wildman–Crippen MR) is 80.1 cm³/mol. The lowest BCUT2D eigenvalue weighted by molar-refractivity contribution is 0.522. The molecule has 1 aromatic carbocycles. The summed E-state index contributed by atoms with van der Waals surface area (Å²) in [6.07, 6.45) is 2.88. The maximum absolute atomic E-state index is 4.16. The van der Waals surface area contributed by atoms with Gasteiger partial charge < -0.3 is 5.32 Å². The Bertz CT molecular complexity index is 550. The highest BCUT2D eigenvalue weighted by atomic mass is 79.9. The largest absolute Gasteiger partial charge is 0.308 e. The number of nitrogens with zero attached hydrogens (tertiary/aromatic N) is 3. The Morgan fingerprint density at radius 1 is 1.42 bits per heavy atom. The van der Waals surface area contributed by atoms with E-state index in [9.17, 15) is 0 Å². The van der Waals surface area contributed by atoms with E-state index in [2.05, 4.69) is 63.6 Å². The minimum Gasteiger partial charge on any atom is -0.308 e. The van der Waals surface area contributed by atoms with Crippen molar-refractivity contribution in [1.82, 2.24) is 20.3 Å². The summed E-state index contributed by atoms with van der Waals surface area (Å²) in [5, 5.41) is 11.5. The smallest absolute Gasteiger partial charge is 0.0802 e. The van der Waals surface area contributed by atoms with Crippen LogP contribution in [0.3, 0.4) is 0 Å². The Morgan fingerprint density at radius 3 is 2.84 bits per heavy atom. The Kier molecular flexibility index (Phi) is 4.71. The van der Waals surface area contributed by atoms with Gasteiger partial charge in [-0.3, -0.25) is 0 Å². The summed E-state index contributed by atoms with van der Waals surface area (Å²) in [5.74, 6) is 0. The lowest BCUT2D eigenvalue weighted by Crippen LogP contribution is -2.22. The first-order valence-electron chi connectivity index (χ1n) is 6.49. The van der Waals surface area contributed by atoms with Crippen molar-refractivity contribution in [2.45, 2.75) is 32.9 Å². The summed E-state index contributed by atoms with van der Waals surface area (Å²) in [7, 11) is 1.96. The molecule has 0 aliphatic rings. The first-order valence-corrected chi connectivity index (χ1v) is 7.28. The van der Waals surface area contributed by atoms with Crippen LogP contribution in [0.25, 0.3) is 0 Å². The van der Waals surface area contributed by atoms with Gasteiger partial charge in [0.1, 0.15) is 0 Å². The van der Waals surface area contributed by atoms with Crippen molar-refractivity contribution in [2.75, 3.05) is 7.05 Å². The molecule has 1 atom stereocenters. The second-order valence-corrected chi connectivity index (χ2v) is 5.48. The number of aromatic nitrogens is 3. The van der Waals surface area contributed by atoms with Crippen LogP contribution in [0, 0.1) is 6.92 Å². The zero-order valence-electron chi connectivity index (χ0n) is 11.5. The number of halogens is 1. The van der Waals surface area contributed by atoms with E-state index in [1.807, 2.05) is 17.9 Å². The van der Waals surface area contributed by atoms with E-state index < -0.39 is 0 Å². The number of nitrogens with one attached hydrogen (secondary N) is 1. The Labute approximate surface area is 122 Å². The lowest BCUT2D eigenvalue weighted by atomic mass is 10.0. The van der Waals surface area contributed by atoms with Crippen LogP contribution in [0.1, 0.15) is 36.2 Å². The fourth-order valence-corrected chi connectivity index (χ4v) is 2.93. The summed E-state index contributed by atoms with van der Waals surface area (Å²) in [5.41, 5.74) is 3.53. The van der Waals surface area contributed by atoms with Gasteiger partial charge in [-0.25, -0.2) is 4.68 Å². The van der Waals surface area contributed by atoms with Gasteiger partial charge >= 0.3 is 0 Å². The average molecular weight is 323 g/mol. The van der Waals surface area contributed by atoms with Crippen molar-refractivity contribution in [3.8, 4) is 0 Å². The van der Waals surface area contributed by atoms with Gasteiger partial charge in [0.25, 0.3) is 0 Å². The van der Waals surface area contributed by atoms with Gasteiger partial charge in [0.05, 0.1) is 17.9 Å². The molecule has 2 aromatic rings. The van der Waals surface area contributed by atoms with Crippen LogP contribution in [0.2, 0.25) is 0 Å². The number of benzene rings is 1. The summed E-state index contributed by atoms with van der Waals surface area (Å²) in [6, 6.07) is 6.49. The van der Waals surface area contributed by atoms with Crippen molar-refractivity contribution in [1.29, 1.82) is 0 Å². The third-order valence-electron chi connectivity index (χ3n) is 3.13. The van der Waals surface area contributed by atoms with Crippen LogP contribution in [0.15, 0.2) is 28.9 Å². The van der Waals surface area contributed by atoms with E-state index in [0.717, 1.165) is 23.1 Å². The maximum Gasteiger partial charge on any atom is 0.0802 e. The summed E-state index contributed by atoms with van der Waals surface area (Å²) in [4.78, 5) is 0. The first kappa shape index (κ1) is 14.2. The summed E-state index contributed by atoms with van der Waals surface area (Å²) in [6.45, 7) is 5.12. The molecule has 0 saturated carbocycles. The second kappa shape index (κ2) is 6.30. The van der Waals surface area contributed by atoms with Crippen molar-refractivity contribution >= 4 is 15.9 Å². The van der Waals surface area contributed by atoms with Gasteiger partial charge in [0.15, 0.2) is 0 Å². The molecule has 19 heavy (non-hydrogen) atoms. The molecule has 0 aliphatic carbocycles. The molecule has 0 saturated heterocycles. The van der Waals surface area contributed by atoms with Gasteiger partial charge in [-0.05, 0) is 37.6 Å². The second-order valence-electron chi connectivity index (χ2n) is 4.63. The highest BCUT2D eigenvalue weighted by Crippen LogP contribution is 2.28. The van der Waals surface area contributed by atoms with E-state index in [1.165, 1.54) is 11.1 Å². The molecule has 0 spiro atoms. The van der Waals surface area contributed by atoms with E-state index in [4.69, 9.17) is 0 Å². The van der Waals surface area contributed by atoms with Crippen molar-refractivity contribution in [2.24, 2.45) is 0 Å². The van der Waals surface area contributed by atoms with Crippen molar-refractivity contribution in [3.05, 3.63) is 45.7 Å². The topological polar surface area (TPSA) is 42.7 Å². The van der Waals surface area contributed by atoms with Crippen molar-refractivity contribution in [3.63, 3.8) is 0 Å². The standard InChI is InChI=1S/C14H19BrN4/c1-4-7-19-13(9-17-18-19)14(16-3)11-6-5-10(2)8-12(11)15/h5-6,8-9,14,16H,4,7H2,1-3H3. The molecule has 2 rings (SSSR count). The SMILES string of the molecule is CCCn1nncc1C(NC)c1ccc(C)cc1Br. The number of hydrogen-bond acceptors (Lipinski definition) is 3. The molecule has 0 bridgehead atoms. The third-order valence-corrected chi connectivity index (χ3v) is 3.82. The molecule has 102 valence electrons. The Morgan fingerprint density at radius 2 is 2.21 bits per heavy atom. The van der Waals surface area contributed by atoms with E-state index >= 15 is 0 Å². The van der Waals surface area contributed by atoms with Crippen LogP contribution >= 0.6 is 15.9 Å². The van der Waals surface area contributed by atoms with E-state index in [0.29, 0.717) is 0 Å². The molecular weight excluding hydrogens is 304 g/mol. The van der Waals surface area contributed by atoms with Crippen LogP contribution in [0.5, 0.6) is 0 Å². The monoisotopic (exact) mass is 322 g/mol. The van der Waals surface area contributed by atoms with Gasteiger partial charge in [-0.1, -0.05) is 40.2 Å². The third kappa shape index (κ3) is 3.04. The maximum atomic E-state index is 4.16. The molecule has 1 heterocycles.